The first kappa shape index (κ1) is 26.1. The van der Waals surface area contributed by atoms with Gasteiger partial charge in [-0.3, -0.25) is 9.59 Å². The first-order chi connectivity index (χ1) is 17.0. The van der Waals surface area contributed by atoms with Crippen molar-refractivity contribution >= 4 is 11.7 Å². The highest BCUT2D eigenvalue weighted by molar-refractivity contribution is 5.93. The number of alkyl halides is 3. The molecule has 196 valence electrons. The fourth-order valence-electron chi connectivity index (χ4n) is 4.40. The number of halogens is 6. The Bertz CT molecular complexity index is 1160. The monoisotopic (exact) mass is 519 g/mol. The molecule has 2 unspecified atom stereocenters. The van der Waals surface area contributed by atoms with Crippen LogP contribution in [-0.4, -0.2) is 65.0 Å². The van der Waals surface area contributed by atoms with E-state index in [1.807, 2.05) is 0 Å². The number of ether oxygens (including phenoxy) is 1. The number of nitrogens with two attached hydrogens (primary N) is 1. The average molecular weight is 519 g/mol. The molecular weight excluding hydrogens is 496 g/mol. The van der Waals surface area contributed by atoms with Crippen LogP contribution in [0.1, 0.15) is 40.0 Å². The zero-order valence-corrected chi connectivity index (χ0v) is 18.9. The topological polar surface area (TPSA) is 102 Å². The van der Waals surface area contributed by atoms with E-state index in [0.29, 0.717) is 12.1 Å². The van der Waals surface area contributed by atoms with E-state index < -0.39 is 65.3 Å². The summed E-state index contributed by atoms with van der Waals surface area (Å²) in [6.45, 7) is 0.382. The van der Waals surface area contributed by atoms with Gasteiger partial charge in [0.1, 0.15) is 11.9 Å². The number of fused-ring (bicyclic) bond motifs is 1. The van der Waals surface area contributed by atoms with Crippen LogP contribution in [-0.2, 0) is 28.7 Å². The first-order valence-corrected chi connectivity index (χ1v) is 11.1. The number of benzene rings is 1. The van der Waals surface area contributed by atoms with Crippen LogP contribution in [0.15, 0.2) is 12.1 Å². The van der Waals surface area contributed by atoms with Gasteiger partial charge in [-0.1, -0.05) is 0 Å². The Morgan fingerprint density at radius 1 is 1.14 bits per heavy atom. The van der Waals surface area contributed by atoms with Crippen LogP contribution < -0.4 is 11.1 Å². The Hall–Kier alpha value is -2.97. The third-order valence-electron chi connectivity index (χ3n) is 6.12. The van der Waals surface area contributed by atoms with Crippen LogP contribution in [0.5, 0.6) is 0 Å². The number of rotatable bonds is 6. The zero-order chi connectivity index (χ0) is 26.2. The number of ketones is 1. The Kier molecular flexibility index (Phi) is 7.38. The minimum absolute atomic E-state index is 0.0882. The van der Waals surface area contributed by atoms with E-state index in [9.17, 15) is 35.9 Å². The predicted octanol–water partition coefficient (Wildman–Crippen LogP) is 1.97. The van der Waals surface area contributed by atoms with Crippen molar-refractivity contribution in [2.75, 3.05) is 32.8 Å². The summed E-state index contributed by atoms with van der Waals surface area (Å²) < 4.78 is 88.0. The Labute approximate surface area is 201 Å². The van der Waals surface area contributed by atoms with E-state index in [-0.39, 0.29) is 57.1 Å². The minimum Gasteiger partial charge on any atom is -0.378 e. The standard InChI is InChI=1S/C22H23F6N5O3/c23-13-8-15(25)14(24)6-11(13)5-12(29)7-18(34)16-9-30-10-17-19(22(26,27)28)31-20(33(16)17)21(35)32-1-3-36-4-2-32/h6,8,12,16,30H,1-5,7,9-10,29H2. The highest BCUT2D eigenvalue weighted by atomic mass is 19.4. The lowest BCUT2D eigenvalue weighted by Crippen LogP contribution is -2.45. The zero-order valence-electron chi connectivity index (χ0n) is 18.9. The molecule has 1 aromatic heterocycles. The summed E-state index contributed by atoms with van der Waals surface area (Å²) in [5.74, 6) is -5.60. The Morgan fingerprint density at radius 2 is 1.81 bits per heavy atom. The Balaban J connectivity index is 1.61. The highest BCUT2D eigenvalue weighted by Gasteiger charge is 2.44. The number of nitrogens with zero attached hydrogens (tertiary/aromatic N) is 3. The lowest BCUT2D eigenvalue weighted by molar-refractivity contribution is -0.142. The number of hydrogen-bond acceptors (Lipinski definition) is 6. The molecule has 1 amide bonds. The van der Waals surface area contributed by atoms with Crippen LogP contribution in [0, 0.1) is 17.5 Å². The normalized spacial score (nSPS) is 19.2. The van der Waals surface area contributed by atoms with Crippen LogP contribution in [0.3, 0.4) is 0 Å². The molecule has 2 aliphatic rings. The molecule has 2 atom stereocenters. The number of amides is 1. The second kappa shape index (κ2) is 10.2. The van der Waals surface area contributed by atoms with Crippen molar-refractivity contribution in [1.82, 2.24) is 19.8 Å². The van der Waals surface area contributed by atoms with E-state index in [4.69, 9.17) is 10.5 Å². The molecule has 1 fully saturated rings. The maximum absolute atomic E-state index is 14.0. The van der Waals surface area contributed by atoms with Crippen molar-refractivity contribution in [1.29, 1.82) is 0 Å². The van der Waals surface area contributed by atoms with E-state index in [0.717, 1.165) is 4.57 Å². The van der Waals surface area contributed by atoms with Gasteiger partial charge in [-0.25, -0.2) is 18.2 Å². The molecule has 1 aromatic carbocycles. The lowest BCUT2D eigenvalue weighted by atomic mass is 9.97. The van der Waals surface area contributed by atoms with Crippen LogP contribution in [0.2, 0.25) is 0 Å². The second-order valence-electron chi connectivity index (χ2n) is 8.64. The number of hydrogen-bond donors (Lipinski definition) is 2. The molecule has 2 aliphatic heterocycles. The predicted molar refractivity (Wildman–Crippen MR) is 112 cm³/mol. The van der Waals surface area contributed by atoms with Crippen molar-refractivity contribution in [2.45, 2.75) is 37.6 Å². The Morgan fingerprint density at radius 3 is 2.47 bits per heavy atom. The van der Waals surface area contributed by atoms with Crippen molar-refractivity contribution in [3.8, 4) is 0 Å². The molecule has 1 saturated heterocycles. The number of nitrogens with one attached hydrogen (secondary N) is 1. The summed E-state index contributed by atoms with van der Waals surface area (Å²) in [5.41, 5.74) is 4.09. The summed E-state index contributed by atoms with van der Waals surface area (Å²) in [5, 5.41) is 2.74. The molecule has 0 spiro atoms. The molecule has 3 heterocycles. The van der Waals surface area contributed by atoms with E-state index >= 15 is 0 Å². The van der Waals surface area contributed by atoms with Gasteiger partial charge < -0.3 is 25.3 Å². The fourth-order valence-corrected chi connectivity index (χ4v) is 4.40. The van der Waals surface area contributed by atoms with Crippen LogP contribution in [0.25, 0.3) is 0 Å². The number of carbonyl (C=O) groups is 2. The summed E-state index contributed by atoms with van der Waals surface area (Å²) >= 11 is 0. The number of imidazole rings is 1. The third kappa shape index (κ3) is 5.25. The van der Waals surface area contributed by atoms with Crippen molar-refractivity contribution in [3.05, 3.63) is 52.4 Å². The van der Waals surface area contributed by atoms with E-state index in [1.54, 1.807) is 0 Å². The van der Waals surface area contributed by atoms with Crippen molar-refractivity contribution in [3.63, 3.8) is 0 Å². The molecule has 0 aliphatic carbocycles. The summed E-state index contributed by atoms with van der Waals surface area (Å²) in [6.07, 6.45) is -5.61. The lowest BCUT2D eigenvalue weighted by Gasteiger charge is -2.30. The molecule has 14 heteroatoms. The maximum atomic E-state index is 14.0. The molecule has 36 heavy (non-hydrogen) atoms. The first-order valence-electron chi connectivity index (χ1n) is 11.1. The molecule has 2 aromatic rings. The minimum atomic E-state index is -4.87. The smallest absolute Gasteiger partial charge is 0.378 e. The van der Waals surface area contributed by atoms with Gasteiger partial charge in [0.05, 0.1) is 18.9 Å². The van der Waals surface area contributed by atoms with E-state index in [1.165, 1.54) is 4.90 Å². The quantitative estimate of drug-likeness (QED) is 0.447. The van der Waals surface area contributed by atoms with Gasteiger partial charge in [-0.2, -0.15) is 13.2 Å². The molecule has 0 radical (unpaired) electrons. The third-order valence-corrected chi connectivity index (χ3v) is 6.12. The number of morpholine rings is 1. The van der Waals surface area contributed by atoms with Crippen molar-refractivity contribution < 1.29 is 40.7 Å². The number of aromatic nitrogens is 2. The average Bonchev–Trinajstić information content (AvgIpc) is 3.23. The van der Waals surface area contributed by atoms with Crippen LogP contribution in [0.4, 0.5) is 26.3 Å². The van der Waals surface area contributed by atoms with Gasteiger partial charge in [0.15, 0.2) is 23.1 Å². The fraction of sp³-hybridized carbons (Fsp3) is 0.500. The molecule has 3 N–H and O–H groups in total. The van der Waals surface area contributed by atoms with Gasteiger partial charge in [0.25, 0.3) is 5.91 Å². The molecule has 8 nitrogen and oxygen atoms in total. The van der Waals surface area contributed by atoms with Gasteiger partial charge in [-0.15, -0.1) is 0 Å². The number of Topliss-reactive ketones (excluding diaryl/α,β-unsaturated/α-hetero) is 1. The van der Waals surface area contributed by atoms with Crippen LogP contribution >= 0.6 is 0 Å². The summed E-state index contributed by atoms with van der Waals surface area (Å²) in [4.78, 5) is 31.2. The summed E-state index contributed by atoms with van der Waals surface area (Å²) in [6, 6.07) is -1.28. The van der Waals surface area contributed by atoms with Gasteiger partial charge in [0.2, 0.25) is 5.82 Å². The van der Waals surface area contributed by atoms with E-state index in [2.05, 4.69) is 10.3 Å². The SMILES string of the molecule is NC(CC(=O)C1CNCc2c(C(F)(F)F)nc(C(=O)N3CCOCC3)n21)Cc1cc(F)c(F)cc1F. The second-order valence-corrected chi connectivity index (χ2v) is 8.64. The highest BCUT2D eigenvalue weighted by Crippen LogP contribution is 2.35. The largest absolute Gasteiger partial charge is 0.435 e. The molecule has 0 saturated carbocycles. The van der Waals surface area contributed by atoms with Gasteiger partial charge in [0, 0.05) is 44.7 Å². The van der Waals surface area contributed by atoms with Gasteiger partial charge in [-0.05, 0) is 18.1 Å². The van der Waals surface area contributed by atoms with Crippen molar-refractivity contribution in [2.24, 2.45) is 5.73 Å². The maximum Gasteiger partial charge on any atom is 0.435 e. The summed E-state index contributed by atoms with van der Waals surface area (Å²) in [7, 11) is 0. The molecule has 4 rings (SSSR count). The molecular formula is C22H23F6N5O3. The van der Waals surface area contributed by atoms with Gasteiger partial charge >= 0.3 is 6.18 Å². The molecule has 0 bridgehead atoms. The number of carbonyl (C=O) groups excluding carboxylic acids is 2.